The van der Waals surface area contributed by atoms with E-state index in [9.17, 15) is 4.79 Å². The molecule has 0 aliphatic heterocycles. The van der Waals surface area contributed by atoms with Gasteiger partial charge in [0.2, 0.25) is 0 Å². The van der Waals surface area contributed by atoms with E-state index >= 15 is 0 Å². The average Bonchev–Trinajstić information content (AvgIpc) is 2.65. The van der Waals surface area contributed by atoms with Gasteiger partial charge in [-0.1, -0.05) is 55.3 Å². The Kier molecular flexibility index (Phi) is 7.80. The maximum atomic E-state index is 13.3. The van der Waals surface area contributed by atoms with Gasteiger partial charge >= 0.3 is 0 Å². The Balaban J connectivity index is 2.54. The summed E-state index contributed by atoms with van der Waals surface area (Å²) in [5.74, 6) is 1.30. The molecule has 0 radical (unpaired) electrons. The zero-order chi connectivity index (χ0) is 20.1. The Labute approximate surface area is 175 Å². The number of halogens is 1. The highest BCUT2D eigenvalue weighted by Crippen LogP contribution is 2.29. The molecule has 1 heterocycles. The predicted molar refractivity (Wildman–Crippen MR) is 118 cm³/mol. The van der Waals surface area contributed by atoms with E-state index in [4.69, 9.17) is 16.6 Å². The Morgan fingerprint density at radius 3 is 2.26 bits per heavy atom. The molecule has 1 amide bonds. The van der Waals surface area contributed by atoms with Gasteiger partial charge < -0.3 is 9.73 Å². The number of rotatable bonds is 7. The second-order valence-corrected chi connectivity index (χ2v) is 8.10. The smallest absolute Gasteiger partial charge is 0.260 e. The van der Waals surface area contributed by atoms with Crippen molar-refractivity contribution in [3.05, 3.63) is 54.9 Å². The highest BCUT2D eigenvalue weighted by atomic mass is 79.9. The van der Waals surface area contributed by atoms with E-state index in [1.54, 1.807) is 0 Å². The number of carbonyl (C=O) groups is 1. The molecule has 5 heteroatoms. The minimum Gasteiger partial charge on any atom is -0.465 e. The van der Waals surface area contributed by atoms with Crippen LogP contribution in [-0.4, -0.2) is 5.91 Å². The number of benzene rings is 1. The third-order valence-electron chi connectivity index (χ3n) is 4.90. The Morgan fingerprint density at radius 2 is 1.74 bits per heavy atom. The van der Waals surface area contributed by atoms with Gasteiger partial charge in [-0.2, -0.15) is 0 Å². The largest absolute Gasteiger partial charge is 0.465 e. The Hall–Kier alpha value is -1.46. The number of unbranched alkanes of at least 4 members (excludes halogenated alkanes) is 1. The molecule has 0 aliphatic rings. The molecule has 0 unspecified atom stereocenters. The summed E-state index contributed by atoms with van der Waals surface area (Å²) in [6.07, 6.45) is 4.37. The van der Waals surface area contributed by atoms with Crippen LogP contribution in [0.5, 0.6) is 0 Å². The molecule has 2 aromatic rings. The quantitative estimate of drug-likeness (QED) is 0.457. The number of amides is 1. The lowest BCUT2D eigenvalue weighted by molar-refractivity contribution is 0.102. The average molecular weight is 450 g/mol. The summed E-state index contributed by atoms with van der Waals surface area (Å²) in [4.78, 5) is 13.3. The fourth-order valence-corrected chi connectivity index (χ4v) is 4.05. The second kappa shape index (κ2) is 9.65. The van der Waals surface area contributed by atoms with Crippen LogP contribution in [0.2, 0.25) is 0 Å². The van der Waals surface area contributed by atoms with Gasteiger partial charge in [0.05, 0.1) is 10.1 Å². The van der Waals surface area contributed by atoms with Crippen molar-refractivity contribution in [1.82, 2.24) is 0 Å². The molecule has 27 heavy (non-hydrogen) atoms. The molecule has 0 fully saturated rings. The lowest BCUT2D eigenvalue weighted by Gasteiger charge is -2.17. The first-order chi connectivity index (χ1) is 12.8. The lowest BCUT2D eigenvalue weighted by Crippen LogP contribution is -2.18. The van der Waals surface area contributed by atoms with Gasteiger partial charge in [-0.05, 0) is 56.4 Å². The SMILES string of the molecule is CCCCc1oc(C)c(C)c(=S)c1C(=O)Nc1c(CC)cc(Br)cc1CC. The highest BCUT2D eigenvalue weighted by molar-refractivity contribution is 9.10. The van der Waals surface area contributed by atoms with Gasteiger partial charge in [0.1, 0.15) is 11.5 Å². The van der Waals surface area contributed by atoms with Crippen LogP contribution in [0, 0.1) is 18.4 Å². The van der Waals surface area contributed by atoms with Crippen molar-refractivity contribution in [2.45, 2.75) is 66.7 Å². The molecular formula is C22H28BrNO2S. The van der Waals surface area contributed by atoms with Crippen molar-refractivity contribution < 1.29 is 9.21 Å². The minimum atomic E-state index is -0.176. The Bertz CT molecular complexity index is 877. The Morgan fingerprint density at radius 1 is 1.15 bits per heavy atom. The van der Waals surface area contributed by atoms with Gasteiger partial charge in [-0.25, -0.2) is 0 Å². The standard InChI is InChI=1S/C22H28BrNO2S/c1-6-9-10-18-19(21(27)13(4)14(5)26-18)22(25)24-20-15(7-2)11-17(23)12-16(20)8-3/h11-12H,6-10H2,1-5H3,(H,24,25). The van der Waals surface area contributed by atoms with E-state index in [1.807, 2.05) is 13.8 Å². The van der Waals surface area contributed by atoms with Crippen molar-refractivity contribution in [2.75, 3.05) is 5.32 Å². The van der Waals surface area contributed by atoms with E-state index in [0.717, 1.165) is 58.3 Å². The lowest BCUT2D eigenvalue weighted by atomic mass is 10.0. The number of nitrogens with one attached hydrogen (secondary N) is 1. The summed E-state index contributed by atoms with van der Waals surface area (Å²) in [5.41, 5.74) is 4.47. The zero-order valence-electron chi connectivity index (χ0n) is 16.8. The van der Waals surface area contributed by atoms with Gasteiger partial charge in [-0.15, -0.1) is 0 Å². The van der Waals surface area contributed by atoms with E-state index < -0.39 is 0 Å². The number of aryl methyl sites for hydroxylation is 4. The van der Waals surface area contributed by atoms with E-state index in [2.05, 4.69) is 54.2 Å². The van der Waals surface area contributed by atoms with Crippen molar-refractivity contribution >= 4 is 39.7 Å². The van der Waals surface area contributed by atoms with Gasteiger partial charge in [0.25, 0.3) is 5.91 Å². The fourth-order valence-electron chi connectivity index (χ4n) is 3.15. The topological polar surface area (TPSA) is 42.2 Å². The summed E-state index contributed by atoms with van der Waals surface area (Å²) in [6, 6.07) is 4.12. The minimum absolute atomic E-state index is 0.176. The number of anilines is 1. The normalized spacial score (nSPS) is 10.9. The fraction of sp³-hybridized carbons (Fsp3) is 0.455. The van der Waals surface area contributed by atoms with E-state index in [0.29, 0.717) is 22.3 Å². The van der Waals surface area contributed by atoms with Crippen molar-refractivity contribution in [2.24, 2.45) is 0 Å². The molecule has 0 saturated carbocycles. The summed E-state index contributed by atoms with van der Waals surface area (Å²) in [6.45, 7) is 10.1. The molecule has 0 saturated heterocycles. The van der Waals surface area contributed by atoms with Crippen LogP contribution < -0.4 is 5.32 Å². The maximum Gasteiger partial charge on any atom is 0.260 e. The molecule has 0 aliphatic carbocycles. The first-order valence-corrected chi connectivity index (χ1v) is 10.8. The second-order valence-electron chi connectivity index (χ2n) is 6.77. The predicted octanol–water partition coefficient (Wildman–Crippen LogP) is 7.11. The monoisotopic (exact) mass is 449 g/mol. The molecule has 1 N–H and O–H groups in total. The van der Waals surface area contributed by atoms with Crippen molar-refractivity contribution in [1.29, 1.82) is 0 Å². The van der Waals surface area contributed by atoms with E-state index in [-0.39, 0.29) is 5.91 Å². The molecule has 0 bridgehead atoms. The summed E-state index contributed by atoms with van der Waals surface area (Å²) in [7, 11) is 0. The van der Waals surface area contributed by atoms with Crippen LogP contribution >= 0.6 is 28.1 Å². The molecular weight excluding hydrogens is 422 g/mol. The van der Waals surface area contributed by atoms with Gasteiger partial charge in [-0.3, -0.25) is 4.79 Å². The first-order valence-electron chi connectivity index (χ1n) is 9.59. The molecule has 2 rings (SSSR count). The van der Waals surface area contributed by atoms with Crippen LogP contribution in [0.25, 0.3) is 0 Å². The van der Waals surface area contributed by atoms with E-state index in [1.165, 1.54) is 0 Å². The van der Waals surface area contributed by atoms with Crippen molar-refractivity contribution in [3.63, 3.8) is 0 Å². The molecule has 0 atom stereocenters. The third kappa shape index (κ3) is 4.88. The summed E-state index contributed by atoms with van der Waals surface area (Å²) >= 11 is 9.19. The van der Waals surface area contributed by atoms with Gasteiger partial charge in [0.15, 0.2) is 0 Å². The van der Waals surface area contributed by atoms with Crippen LogP contribution in [-0.2, 0) is 19.3 Å². The highest BCUT2D eigenvalue weighted by Gasteiger charge is 2.21. The van der Waals surface area contributed by atoms with Crippen LogP contribution in [0.15, 0.2) is 21.0 Å². The molecule has 0 spiro atoms. The van der Waals surface area contributed by atoms with Crippen LogP contribution in [0.3, 0.4) is 0 Å². The molecule has 1 aromatic carbocycles. The number of hydrogen-bond acceptors (Lipinski definition) is 3. The number of carbonyl (C=O) groups excluding carboxylic acids is 1. The van der Waals surface area contributed by atoms with Crippen LogP contribution in [0.1, 0.15) is 72.2 Å². The van der Waals surface area contributed by atoms with Gasteiger partial charge in [0, 0.05) is 22.1 Å². The van der Waals surface area contributed by atoms with Crippen LogP contribution in [0.4, 0.5) is 5.69 Å². The molecule has 146 valence electrons. The summed E-state index contributed by atoms with van der Waals surface area (Å²) in [5, 5.41) is 3.14. The summed E-state index contributed by atoms with van der Waals surface area (Å²) < 4.78 is 7.60. The number of hydrogen-bond donors (Lipinski definition) is 1. The van der Waals surface area contributed by atoms with Crippen molar-refractivity contribution in [3.8, 4) is 0 Å². The third-order valence-corrected chi connectivity index (χ3v) is 5.87. The molecule has 3 nitrogen and oxygen atoms in total. The molecule has 1 aromatic heterocycles. The zero-order valence-corrected chi connectivity index (χ0v) is 19.2. The first kappa shape index (κ1) is 21.8. The maximum absolute atomic E-state index is 13.3.